The molecule has 23 heavy (non-hydrogen) atoms. The molecule has 0 saturated carbocycles. The van der Waals surface area contributed by atoms with E-state index in [4.69, 9.17) is 0 Å². The van der Waals surface area contributed by atoms with Crippen molar-refractivity contribution in [2.45, 2.75) is 19.5 Å². The van der Waals surface area contributed by atoms with Crippen LogP contribution in [0.4, 0.5) is 4.39 Å². The SMILES string of the molecule is CCn1cc(C(=O)/C=C/C2CNNC2c2ccc(F)cc2)cn1. The minimum absolute atomic E-state index is 0.0121. The van der Waals surface area contributed by atoms with Crippen LogP contribution in [-0.2, 0) is 6.54 Å². The summed E-state index contributed by atoms with van der Waals surface area (Å²) in [7, 11) is 0. The molecule has 2 atom stereocenters. The normalized spacial score (nSPS) is 21.1. The number of carbonyl (C=O) groups is 1. The number of carbonyl (C=O) groups excluding carboxylic acids is 1. The average molecular weight is 314 g/mol. The van der Waals surface area contributed by atoms with Gasteiger partial charge in [-0.1, -0.05) is 18.2 Å². The quantitative estimate of drug-likeness (QED) is 0.656. The first-order chi connectivity index (χ1) is 11.2. The monoisotopic (exact) mass is 314 g/mol. The molecule has 0 spiro atoms. The predicted octanol–water partition coefficient (Wildman–Crippen LogP) is 2.25. The van der Waals surface area contributed by atoms with E-state index < -0.39 is 0 Å². The number of ketones is 1. The third-order valence-corrected chi connectivity index (χ3v) is 3.99. The van der Waals surface area contributed by atoms with E-state index in [9.17, 15) is 9.18 Å². The summed E-state index contributed by atoms with van der Waals surface area (Å²) in [6.45, 7) is 3.42. The van der Waals surface area contributed by atoms with Gasteiger partial charge in [0.2, 0.25) is 0 Å². The third-order valence-electron chi connectivity index (χ3n) is 3.99. The Bertz CT molecular complexity index is 708. The van der Waals surface area contributed by atoms with Gasteiger partial charge in [0, 0.05) is 25.2 Å². The number of benzene rings is 1. The van der Waals surface area contributed by atoms with E-state index in [1.165, 1.54) is 12.1 Å². The summed E-state index contributed by atoms with van der Waals surface area (Å²) in [5, 5.41) is 4.11. The van der Waals surface area contributed by atoms with Crippen LogP contribution < -0.4 is 10.9 Å². The molecule has 2 aromatic rings. The minimum Gasteiger partial charge on any atom is -0.289 e. The maximum atomic E-state index is 13.0. The molecule has 2 heterocycles. The largest absolute Gasteiger partial charge is 0.289 e. The van der Waals surface area contributed by atoms with Crippen LogP contribution in [-0.4, -0.2) is 22.1 Å². The van der Waals surface area contributed by atoms with Crippen LogP contribution in [0.25, 0.3) is 0 Å². The molecule has 120 valence electrons. The van der Waals surface area contributed by atoms with Crippen LogP contribution >= 0.6 is 0 Å². The van der Waals surface area contributed by atoms with Crippen LogP contribution in [0, 0.1) is 11.7 Å². The van der Waals surface area contributed by atoms with Gasteiger partial charge in [-0.05, 0) is 30.7 Å². The topological polar surface area (TPSA) is 59.0 Å². The fourth-order valence-electron chi connectivity index (χ4n) is 2.66. The highest BCUT2D eigenvalue weighted by molar-refractivity contribution is 6.04. The highest BCUT2D eigenvalue weighted by Crippen LogP contribution is 2.26. The molecule has 0 aliphatic carbocycles. The first-order valence-corrected chi connectivity index (χ1v) is 7.66. The summed E-state index contributed by atoms with van der Waals surface area (Å²) < 4.78 is 14.8. The fraction of sp³-hybridized carbons (Fsp3) is 0.294. The molecule has 6 heteroatoms. The molecular weight excluding hydrogens is 295 g/mol. The number of hydrogen-bond donors (Lipinski definition) is 2. The van der Waals surface area contributed by atoms with Gasteiger partial charge in [0.25, 0.3) is 0 Å². The highest BCUT2D eigenvalue weighted by atomic mass is 19.1. The smallest absolute Gasteiger partial charge is 0.188 e. The van der Waals surface area contributed by atoms with Crippen molar-refractivity contribution in [3.8, 4) is 0 Å². The van der Waals surface area contributed by atoms with E-state index in [1.54, 1.807) is 35.3 Å². The van der Waals surface area contributed by atoms with E-state index in [1.807, 2.05) is 13.0 Å². The number of aromatic nitrogens is 2. The number of hydrogen-bond acceptors (Lipinski definition) is 4. The van der Waals surface area contributed by atoms with Crippen LogP contribution in [0.3, 0.4) is 0 Å². The van der Waals surface area contributed by atoms with Crippen molar-refractivity contribution in [1.29, 1.82) is 0 Å². The minimum atomic E-state index is -0.255. The zero-order valence-electron chi connectivity index (χ0n) is 12.9. The van der Waals surface area contributed by atoms with Gasteiger partial charge in [-0.2, -0.15) is 5.10 Å². The lowest BCUT2D eigenvalue weighted by atomic mass is 9.94. The highest BCUT2D eigenvalue weighted by Gasteiger charge is 2.26. The van der Waals surface area contributed by atoms with Gasteiger partial charge in [-0.25, -0.2) is 9.82 Å². The molecule has 2 N–H and O–H groups in total. The van der Waals surface area contributed by atoms with Gasteiger partial charge < -0.3 is 0 Å². The molecule has 1 aliphatic rings. The second kappa shape index (κ2) is 6.85. The lowest BCUT2D eigenvalue weighted by Gasteiger charge is -2.15. The molecule has 0 bridgehead atoms. The van der Waals surface area contributed by atoms with Crippen LogP contribution in [0.2, 0.25) is 0 Å². The van der Waals surface area contributed by atoms with Crippen molar-refractivity contribution in [3.05, 3.63) is 65.8 Å². The van der Waals surface area contributed by atoms with Crippen LogP contribution in [0.1, 0.15) is 28.9 Å². The second-order valence-electron chi connectivity index (χ2n) is 5.53. The van der Waals surface area contributed by atoms with Crippen molar-refractivity contribution in [1.82, 2.24) is 20.6 Å². The average Bonchev–Trinajstić information content (AvgIpc) is 3.22. The van der Waals surface area contributed by atoms with Crippen LogP contribution in [0.5, 0.6) is 0 Å². The first-order valence-electron chi connectivity index (χ1n) is 7.66. The summed E-state index contributed by atoms with van der Waals surface area (Å²) in [6.07, 6.45) is 6.81. The van der Waals surface area contributed by atoms with Crippen molar-refractivity contribution in [2.24, 2.45) is 5.92 Å². The molecule has 1 fully saturated rings. The molecule has 1 saturated heterocycles. The molecule has 2 unspecified atom stereocenters. The number of rotatable bonds is 5. The Morgan fingerprint density at radius 2 is 2.22 bits per heavy atom. The van der Waals surface area contributed by atoms with Crippen molar-refractivity contribution in [2.75, 3.05) is 6.54 Å². The van der Waals surface area contributed by atoms with E-state index >= 15 is 0 Å². The zero-order chi connectivity index (χ0) is 16.2. The third kappa shape index (κ3) is 3.55. The van der Waals surface area contributed by atoms with Crippen molar-refractivity contribution in [3.63, 3.8) is 0 Å². The Kier molecular flexibility index (Phi) is 4.64. The molecule has 0 radical (unpaired) electrons. The van der Waals surface area contributed by atoms with Gasteiger partial charge in [-0.3, -0.25) is 14.9 Å². The molecular formula is C17H19FN4O. The standard InChI is InChI=1S/C17H19FN4O/c1-2-22-11-14(10-20-22)16(23)8-5-13-9-19-21-17(13)12-3-6-15(18)7-4-12/h3-8,10-11,13,17,19,21H,2,9H2,1H3/b8-5+. The number of aryl methyl sites for hydroxylation is 1. The lowest BCUT2D eigenvalue weighted by molar-refractivity contribution is 0.104. The lowest BCUT2D eigenvalue weighted by Crippen LogP contribution is -2.24. The van der Waals surface area contributed by atoms with Gasteiger partial charge in [0.15, 0.2) is 5.78 Å². The summed E-state index contributed by atoms with van der Waals surface area (Å²) >= 11 is 0. The maximum Gasteiger partial charge on any atom is 0.188 e. The summed E-state index contributed by atoms with van der Waals surface area (Å²) in [5.74, 6) is -0.199. The Morgan fingerprint density at radius 1 is 1.43 bits per heavy atom. The number of allylic oxidation sites excluding steroid dienone is 1. The van der Waals surface area contributed by atoms with Gasteiger partial charge in [0.1, 0.15) is 5.82 Å². The molecule has 0 amide bonds. The number of nitrogens with one attached hydrogen (secondary N) is 2. The number of hydrazine groups is 1. The van der Waals surface area contributed by atoms with E-state index in [-0.39, 0.29) is 23.6 Å². The van der Waals surface area contributed by atoms with Crippen molar-refractivity contribution < 1.29 is 9.18 Å². The van der Waals surface area contributed by atoms with Gasteiger partial charge >= 0.3 is 0 Å². The van der Waals surface area contributed by atoms with Gasteiger partial charge in [0.05, 0.1) is 17.8 Å². The number of halogens is 1. The van der Waals surface area contributed by atoms with Crippen LogP contribution in [0.15, 0.2) is 48.8 Å². The Morgan fingerprint density at radius 3 is 2.91 bits per heavy atom. The molecule has 1 aromatic heterocycles. The summed E-state index contributed by atoms with van der Waals surface area (Å²) in [6, 6.07) is 6.42. The molecule has 1 aromatic carbocycles. The zero-order valence-corrected chi connectivity index (χ0v) is 12.9. The summed E-state index contributed by atoms with van der Waals surface area (Å²) in [4.78, 5) is 12.2. The Hall–Kier alpha value is -2.31. The van der Waals surface area contributed by atoms with E-state index in [0.29, 0.717) is 12.1 Å². The van der Waals surface area contributed by atoms with Gasteiger partial charge in [-0.15, -0.1) is 0 Å². The summed E-state index contributed by atoms with van der Waals surface area (Å²) in [5.41, 5.74) is 7.82. The van der Waals surface area contributed by atoms with Crippen molar-refractivity contribution >= 4 is 5.78 Å². The van der Waals surface area contributed by atoms with E-state index in [2.05, 4.69) is 16.0 Å². The second-order valence-corrected chi connectivity index (χ2v) is 5.53. The predicted molar refractivity (Wildman–Crippen MR) is 85.1 cm³/mol. The Labute approximate surface area is 134 Å². The molecule has 3 rings (SSSR count). The fourth-order valence-corrected chi connectivity index (χ4v) is 2.66. The maximum absolute atomic E-state index is 13.0. The Balaban J connectivity index is 1.70. The number of nitrogens with zero attached hydrogens (tertiary/aromatic N) is 2. The molecule has 5 nitrogen and oxygen atoms in total. The van der Waals surface area contributed by atoms with E-state index in [0.717, 1.165) is 12.1 Å². The first kappa shape index (κ1) is 15.6. The molecule has 1 aliphatic heterocycles.